The molecule has 4 heteroatoms. The normalized spacial score (nSPS) is 10.8. The molecule has 2 heterocycles. The summed E-state index contributed by atoms with van der Waals surface area (Å²) in [6.07, 6.45) is 3.40. The Morgan fingerprint density at radius 1 is 1.26 bits per heavy atom. The highest BCUT2D eigenvalue weighted by Crippen LogP contribution is 2.22. The van der Waals surface area contributed by atoms with Crippen molar-refractivity contribution in [2.45, 2.75) is 6.92 Å². The molecule has 0 unspecified atom stereocenters. The number of nitrogens with one attached hydrogen (secondary N) is 1. The van der Waals surface area contributed by atoms with Crippen LogP contribution in [0.1, 0.15) is 21.5 Å². The standard InChI is InChI=1S/C15H11ClN2O/c1-9-7-10(16)4-5-11(9)14(19)13-8-18-15-12(13)3-2-6-17-15/h2-8H,1H3,(H,17,18). The minimum absolute atomic E-state index is 0.0200. The van der Waals surface area contributed by atoms with E-state index < -0.39 is 0 Å². The number of aromatic nitrogens is 2. The third-order valence-electron chi connectivity index (χ3n) is 3.13. The van der Waals surface area contributed by atoms with E-state index in [0.717, 1.165) is 16.6 Å². The van der Waals surface area contributed by atoms with E-state index >= 15 is 0 Å². The second kappa shape index (κ2) is 4.52. The maximum absolute atomic E-state index is 12.6. The number of hydrogen-bond donors (Lipinski definition) is 1. The SMILES string of the molecule is Cc1cc(Cl)ccc1C(=O)c1c[nH]c2ncccc12. The number of nitrogens with zero attached hydrogens (tertiary/aromatic N) is 1. The van der Waals surface area contributed by atoms with E-state index in [2.05, 4.69) is 9.97 Å². The molecule has 0 amide bonds. The van der Waals surface area contributed by atoms with Crippen molar-refractivity contribution in [1.82, 2.24) is 9.97 Å². The number of aryl methyl sites for hydroxylation is 1. The van der Waals surface area contributed by atoms with Gasteiger partial charge in [-0.05, 0) is 42.8 Å². The third-order valence-corrected chi connectivity index (χ3v) is 3.36. The Morgan fingerprint density at radius 2 is 2.11 bits per heavy atom. The van der Waals surface area contributed by atoms with E-state index in [-0.39, 0.29) is 5.78 Å². The molecule has 0 saturated heterocycles. The van der Waals surface area contributed by atoms with Crippen molar-refractivity contribution < 1.29 is 4.79 Å². The highest BCUT2D eigenvalue weighted by molar-refractivity contribution is 6.31. The molecule has 0 fully saturated rings. The number of fused-ring (bicyclic) bond motifs is 1. The number of carbonyl (C=O) groups is 1. The van der Waals surface area contributed by atoms with Crippen LogP contribution in [0.3, 0.4) is 0 Å². The van der Waals surface area contributed by atoms with Crippen molar-refractivity contribution in [2.24, 2.45) is 0 Å². The molecule has 0 aliphatic rings. The Labute approximate surface area is 115 Å². The Kier molecular flexibility index (Phi) is 2.84. The quantitative estimate of drug-likeness (QED) is 0.721. The number of carbonyl (C=O) groups excluding carboxylic acids is 1. The van der Waals surface area contributed by atoms with E-state index in [9.17, 15) is 4.79 Å². The van der Waals surface area contributed by atoms with Crippen LogP contribution in [-0.2, 0) is 0 Å². The van der Waals surface area contributed by atoms with Crippen LogP contribution in [0.2, 0.25) is 5.02 Å². The molecule has 0 bridgehead atoms. The first kappa shape index (κ1) is 11.9. The number of hydrogen-bond acceptors (Lipinski definition) is 2. The monoisotopic (exact) mass is 270 g/mol. The summed E-state index contributed by atoms with van der Waals surface area (Å²) in [6, 6.07) is 8.99. The van der Waals surface area contributed by atoms with Crippen LogP contribution >= 0.6 is 11.6 Å². The second-order valence-electron chi connectivity index (χ2n) is 4.39. The Bertz CT molecular complexity index is 777. The molecule has 0 spiro atoms. The summed E-state index contributed by atoms with van der Waals surface area (Å²) in [4.78, 5) is 19.8. The van der Waals surface area contributed by atoms with E-state index in [1.807, 2.05) is 19.1 Å². The second-order valence-corrected chi connectivity index (χ2v) is 4.83. The van der Waals surface area contributed by atoms with Gasteiger partial charge in [-0.1, -0.05) is 11.6 Å². The van der Waals surface area contributed by atoms with Crippen molar-refractivity contribution in [2.75, 3.05) is 0 Å². The summed E-state index contributed by atoms with van der Waals surface area (Å²) in [7, 11) is 0. The molecule has 1 aromatic carbocycles. The molecule has 0 atom stereocenters. The first-order valence-electron chi connectivity index (χ1n) is 5.90. The lowest BCUT2D eigenvalue weighted by atomic mass is 9.99. The fourth-order valence-corrected chi connectivity index (χ4v) is 2.40. The lowest BCUT2D eigenvalue weighted by Crippen LogP contribution is -2.02. The maximum Gasteiger partial charge on any atom is 0.195 e. The molecule has 0 aliphatic carbocycles. The van der Waals surface area contributed by atoms with Gasteiger partial charge in [0.2, 0.25) is 0 Å². The van der Waals surface area contributed by atoms with Crippen LogP contribution in [0.4, 0.5) is 0 Å². The van der Waals surface area contributed by atoms with Gasteiger partial charge in [0.25, 0.3) is 0 Å². The molecule has 3 aromatic rings. The van der Waals surface area contributed by atoms with Gasteiger partial charge in [-0.3, -0.25) is 4.79 Å². The van der Waals surface area contributed by atoms with Gasteiger partial charge >= 0.3 is 0 Å². The van der Waals surface area contributed by atoms with E-state index in [0.29, 0.717) is 16.1 Å². The number of aromatic amines is 1. The number of benzene rings is 1. The molecule has 2 aromatic heterocycles. The smallest absolute Gasteiger partial charge is 0.195 e. The fraction of sp³-hybridized carbons (Fsp3) is 0.0667. The Hall–Kier alpha value is -2.13. The zero-order chi connectivity index (χ0) is 13.4. The number of halogens is 1. The molecule has 0 radical (unpaired) electrons. The van der Waals surface area contributed by atoms with E-state index in [4.69, 9.17) is 11.6 Å². The average molecular weight is 271 g/mol. The van der Waals surface area contributed by atoms with Crippen LogP contribution in [0, 0.1) is 6.92 Å². The number of rotatable bonds is 2. The van der Waals surface area contributed by atoms with Gasteiger partial charge in [0.1, 0.15) is 5.65 Å². The van der Waals surface area contributed by atoms with Crippen LogP contribution < -0.4 is 0 Å². The first-order chi connectivity index (χ1) is 9.16. The minimum Gasteiger partial charge on any atom is -0.345 e. The lowest BCUT2D eigenvalue weighted by molar-refractivity contribution is 0.104. The number of H-pyrrole nitrogens is 1. The first-order valence-corrected chi connectivity index (χ1v) is 6.27. The summed E-state index contributed by atoms with van der Waals surface area (Å²) in [5.74, 6) is -0.0200. The fourth-order valence-electron chi connectivity index (χ4n) is 2.17. The van der Waals surface area contributed by atoms with Crippen LogP contribution in [0.5, 0.6) is 0 Å². The van der Waals surface area contributed by atoms with Crippen molar-refractivity contribution in [3.63, 3.8) is 0 Å². The van der Waals surface area contributed by atoms with Crippen LogP contribution in [0.25, 0.3) is 11.0 Å². The molecule has 19 heavy (non-hydrogen) atoms. The summed E-state index contributed by atoms with van der Waals surface area (Å²) < 4.78 is 0. The van der Waals surface area contributed by atoms with Crippen molar-refractivity contribution >= 4 is 28.4 Å². The van der Waals surface area contributed by atoms with Crippen molar-refractivity contribution in [3.05, 3.63) is 64.4 Å². The minimum atomic E-state index is -0.0200. The van der Waals surface area contributed by atoms with Gasteiger partial charge in [0, 0.05) is 33.9 Å². The predicted octanol–water partition coefficient (Wildman–Crippen LogP) is 3.76. The summed E-state index contributed by atoms with van der Waals surface area (Å²) in [6.45, 7) is 1.88. The largest absolute Gasteiger partial charge is 0.345 e. The third kappa shape index (κ3) is 2.02. The van der Waals surface area contributed by atoms with Crippen LogP contribution in [0.15, 0.2) is 42.7 Å². The van der Waals surface area contributed by atoms with Crippen LogP contribution in [-0.4, -0.2) is 15.8 Å². The summed E-state index contributed by atoms with van der Waals surface area (Å²) >= 11 is 5.91. The van der Waals surface area contributed by atoms with Gasteiger partial charge in [-0.2, -0.15) is 0 Å². The topological polar surface area (TPSA) is 45.8 Å². The zero-order valence-electron chi connectivity index (χ0n) is 10.3. The van der Waals surface area contributed by atoms with E-state index in [1.54, 1.807) is 30.6 Å². The Balaban J connectivity index is 2.13. The number of ketones is 1. The van der Waals surface area contributed by atoms with Gasteiger partial charge in [0.05, 0.1) is 0 Å². The molecular weight excluding hydrogens is 260 g/mol. The predicted molar refractivity (Wildman–Crippen MR) is 75.7 cm³/mol. The zero-order valence-corrected chi connectivity index (χ0v) is 11.0. The van der Waals surface area contributed by atoms with Gasteiger partial charge < -0.3 is 4.98 Å². The molecule has 94 valence electrons. The average Bonchev–Trinajstić information content (AvgIpc) is 2.82. The number of pyridine rings is 1. The van der Waals surface area contributed by atoms with Gasteiger partial charge in [-0.15, -0.1) is 0 Å². The highest BCUT2D eigenvalue weighted by atomic mass is 35.5. The summed E-state index contributed by atoms with van der Waals surface area (Å²) in [5.41, 5.74) is 2.89. The summed E-state index contributed by atoms with van der Waals surface area (Å²) in [5, 5.41) is 1.47. The van der Waals surface area contributed by atoms with Crippen molar-refractivity contribution in [3.8, 4) is 0 Å². The van der Waals surface area contributed by atoms with E-state index in [1.165, 1.54) is 0 Å². The maximum atomic E-state index is 12.6. The van der Waals surface area contributed by atoms with Crippen molar-refractivity contribution in [1.29, 1.82) is 0 Å². The molecule has 3 rings (SSSR count). The van der Waals surface area contributed by atoms with Gasteiger partial charge in [0.15, 0.2) is 5.78 Å². The molecule has 1 N–H and O–H groups in total. The lowest BCUT2D eigenvalue weighted by Gasteiger charge is -2.04. The molecule has 0 aliphatic heterocycles. The molecular formula is C15H11ClN2O. The Morgan fingerprint density at radius 3 is 2.89 bits per heavy atom. The highest BCUT2D eigenvalue weighted by Gasteiger charge is 2.16. The molecule has 0 saturated carbocycles. The van der Waals surface area contributed by atoms with Gasteiger partial charge in [-0.25, -0.2) is 4.98 Å². The molecule has 3 nitrogen and oxygen atoms in total.